The average molecular weight is 366 g/mol. The van der Waals surface area contributed by atoms with Gasteiger partial charge in [0.1, 0.15) is 6.61 Å². The highest BCUT2D eigenvalue weighted by atomic mass is 16.5. The number of phenols is 1. The van der Waals surface area contributed by atoms with E-state index in [-0.39, 0.29) is 18.3 Å². The zero-order valence-corrected chi connectivity index (χ0v) is 15.2. The van der Waals surface area contributed by atoms with Gasteiger partial charge in [0, 0.05) is 11.1 Å². The molecule has 1 aliphatic rings. The van der Waals surface area contributed by atoms with Crippen molar-refractivity contribution in [1.82, 2.24) is 0 Å². The SMILES string of the molecule is COc1cc2cc3c(c(-c4ccc(OC)c(OC)c4)c2cc1O)C(=O)OC3. The first-order valence-corrected chi connectivity index (χ1v) is 8.33. The minimum atomic E-state index is -0.382. The van der Waals surface area contributed by atoms with Crippen LogP contribution in [0.1, 0.15) is 15.9 Å². The number of esters is 1. The molecule has 3 aromatic carbocycles. The van der Waals surface area contributed by atoms with E-state index in [0.717, 1.165) is 21.9 Å². The molecule has 3 aromatic rings. The van der Waals surface area contributed by atoms with Crippen LogP contribution >= 0.6 is 0 Å². The van der Waals surface area contributed by atoms with E-state index in [1.807, 2.05) is 12.1 Å². The number of fused-ring (bicyclic) bond motifs is 2. The Morgan fingerprint density at radius 3 is 2.33 bits per heavy atom. The second-order valence-electron chi connectivity index (χ2n) is 6.18. The van der Waals surface area contributed by atoms with Crippen molar-refractivity contribution in [2.24, 2.45) is 0 Å². The molecule has 0 fully saturated rings. The monoisotopic (exact) mass is 366 g/mol. The maximum absolute atomic E-state index is 12.4. The molecule has 1 aliphatic heterocycles. The van der Waals surface area contributed by atoms with Crippen molar-refractivity contribution in [3.05, 3.63) is 47.5 Å². The van der Waals surface area contributed by atoms with Crippen LogP contribution in [0.5, 0.6) is 23.0 Å². The van der Waals surface area contributed by atoms with Gasteiger partial charge in [0.15, 0.2) is 23.0 Å². The molecule has 0 radical (unpaired) electrons. The molecule has 0 saturated heterocycles. The van der Waals surface area contributed by atoms with Crippen LogP contribution in [0.3, 0.4) is 0 Å². The number of carbonyl (C=O) groups excluding carboxylic acids is 1. The molecule has 0 aromatic heterocycles. The molecule has 4 rings (SSSR count). The van der Waals surface area contributed by atoms with Gasteiger partial charge in [-0.3, -0.25) is 0 Å². The van der Waals surface area contributed by atoms with Crippen LogP contribution in [0.4, 0.5) is 0 Å². The summed E-state index contributed by atoms with van der Waals surface area (Å²) in [6, 6.07) is 10.7. The van der Waals surface area contributed by atoms with Gasteiger partial charge in [-0.05, 0) is 46.7 Å². The number of hydrogen-bond donors (Lipinski definition) is 1. The molecule has 0 saturated carbocycles. The van der Waals surface area contributed by atoms with Crippen molar-refractivity contribution in [2.75, 3.05) is 21.3 Å². The standard InChI is InChI=1S/C21H18O6/c1-24-16-5-4-11(7-18(16)26-3)19-14-9-15(22)17(25-2)8-12(14)6-13-10-27-21(23)20(13)19/h4-9,22H,10H2,1-3H3. The molecule has 0 aliphatic carbocycles. The lowest BCUT2D eigenvalue weighted by Gasteiger charge is -2.15. The molecule has 138 valence electrons. The van der Waals surface area contributed by atoms with Crippen LogP contribution in [0, 0.1) is 0 Å². The van der Waals surface area contributed by atoms with Gasteiger partial charge in [0.2, 0.25) is 0 Å². The molecule has 0 amide bonds. The van der Waals surface area contributed by atoms with E-state index < -0.39 is 0 Å². The van der Waals surface area contributed by atoms with Gasteiger partial charge >= 0.3 is 5.97 Å². The first-order chi connectivity index (χ1) is 13.1. The third-order valence-corrected chi connectivity index (χ3v) is 4.76. The lowest BCUT2D eigenvalue weighted by atomic mass is 9.90. The van der Waals surface area contributed by atoms with Crippen molar-refractivity contribution in [3.63, 3.8) is 0 Å². The fourth-order valence-electron chi connectivity index (χ4n) is 3.49. The van der Waals surface area contributed by atoms with E-state index in [1.165, 1.54) is 7.11 Å². The summed E-state index contributed by atoms with van der Waals surface area (Å²) in [4.78, 5) is 12.4. The van der Waals surface area contributed by atoms with Crippen LogP contribution in [0.2, 0.25) is 0 Å². The molecule has 0 spiro atoms. The minimum Gasteiger partial charge on any atom is -0.504 e. The van der Waals surface area contributed by atoms with E-state index in [0.29, 0.717) is 28.4 Å². The molecule has 27 heavy (non-hydrogen) atoms. The Balaban J connectivity index is 2.08. The Morgan fingerprint density at radius 1 is 0.889 bits per heavy atom. The summed E-state index contributed by atoms with van der Waals surface area (Å²) in [6.07, 6.45) is 0. The minimum absolute atomic E-state index is 0.00181. The summed E-state index contributed by atoms with van der Waals surface area (Å²) >= 11 is 0. The highest BCUT2D eigenvalue weighted by Gasteiger charge is 2.28. The summed E-state index contributed by atoms with van der Waals surface area (Å²) in [5.41, 5.74) is 2.74. The number of cyclic esters (lactones) is 1. The smallest absolute Gasteiger partial charge is 0.339 e. The van der Waals surface area contributed by atoms with E-state index in [2.05, 4.69) is 0 Å². The molecule has 0 unspecified atom stereocenters. The highest BCUT2D eigenvalue weighted by Crippen LogP contribution is 2.43. The predicted molar refractivity (Wildman–Crippen MR) is 99.8 cm³/mol. The van der Waals surface area contributed by atoms with Gasteiger partial charge < -0.3 is 24.1 Å². The fraction of sp³-hybridized carbons (Fsp3) is 0.190. The van der Waals surface area contributed by atoms with Gasteiger partial charge in [0.25, 0.3) is 0 Å². The number of phenolic OH excluding ortho intramolecular Hbond substituents is 1. The number of ether oxygens (including phenoxy) is 4. The molecular weight excluding hydrogens is 348 g/mol. The Morgan fingerprint density at radius 2 is 1.63 bits per heavy atom. The van der Waals surface area contributed by atoms with E-state index in [4.69, 9.17) is 18.9 Å². The highest BCUT2D eigenvalue weighted by molar-refractivity contribution is 6.11. The van der Waals surface area contributed by atoms with Gasteiger partial charge in [0.05, 0.1) is 26.9 Å². The van der Waals surface area contributed by atoms with Crippen LogP contribution in [0.25, 0.3) is 21.9 Å². The zero-order valence-electron chi connectivity index (χ0n) is 15.2. The van der Waals surface area contributed by atoms with Crippen molar-refractivity contribution in [3.8, 4) is 34.1 Å². The summed E-state index contributed by atoms with van der Waals surface area (Å²) in [6.45, 7) is 0.216. The van der Waals surface area contributed by atoms with E-state index in [1.54, 1.807) is 38.5 Å². The number of methoxy groups -OCH3 is 3. The summed E-state index contributed by atoms with van der Waals surface area (Å²) < 4.78 is 21.2. The molecular formula is C21H18O6. The van der Waals surface area contributed by atoms with Crippen molar-refractivity contribution in [2.45, 2.75) is 6.61 Å². The number of aromatic hydroxyl groups is 1. The largest absolute Gasteiger partial charge is 0.504 e. The third-order valence-electron chi connectivity index (χ3n) is 4.76. The third kappa shape index (κ3) is 2.61. The van der Waals surface area contributed by atoms with Crippen LogP contribution in [0.15, 0.2) is 36.4 Å². The number of carbonyl (C=O) groups is 1. The normalized spacial score (nSPS) is 12.6. The molecule has 1 heterocycles. The van der Waals surface area contributed by atoms with Crippen molar-refractivity contribution >= 4 is 16.7 Å². The van der Waals surface area contributed by atoms with Gasteiger partial charge in [-0.1, -0.05) is 6.07 Å². The lowest BCUT2D eigenvalue weighted by molar-refractivity contribution is 0.0535. The zero-order chi connectivity index (χ0) is 19.1. The second kappa shape index (κ2) is 6.39. The Labute approximate surface area is 155 Å². The number of benzene rings is 3. The van der Waals surface area contributed by atoms with E-state index >= 15 is 0 Å². The Hall–Kier alpha value is -3.41. The van der Waals surface area contributed by atoms with Gasteiger partial charge in [-0.25, -0.2) is 4.79 Å². The molecule has 0 atom stereocenters. The van der Waals surface area contributed by atoms with E-state index in [9.17, 15) is 9.90 Å². The maximum Gasteiger partial charge on any atom is 0.339 e. The summed E-state index contributed by atoms with van der Waals surface area (Å²) in [5, 5.41) is 11.9. The van der Waals surface area contributed by atoms with Crippen LogP contribution in [-0.2, 0) is 11.3 Å². The lowest BCUT2D eigenvalue weighted by Crippen LogP contribution is -2.00. The Kier molecular flexibility index (Phi) is 4.03. The van der Waals surface area contributed by atoms with Crippen molar-refractivity contribution in [1.29, 1.82) is 0 Å². The van der Waals surface area contributed by atoms with Gasteiger partial charge in [-0.2, -0.15) is 0 Å². The molecule has 6 nitrogen and oxygen atoms in total. The average Bonchev–Trinajstić information content (AvgIpc) is 3.05. The van der Waals surface area contributed by atoms with Crippen LogP contribution < -0.4 is 14.2 Å². The van der Waals surface area contributed by atoms with Crippen LogP contribution in [-0.4, -0.2) is 32.4 Å². The predicted octanol–water partition coefficient (Wildman–Crippen LogP) is 3.91. The second-order valence-corrected chi connectivity index (χ2v) is 6.18. The first-order valence-electron chi connectivity index (χ1n) is 8.33. The Bertz CT molecular complexity index is 1070. The molecule has 6 heteroatoms. The quantitative estimate of drug-likeness (QED) is 0.706. The summed E-state index contributed by atoms with van der Waals surface area (Å²) in [5.74, 6) is 1.12. The first kappa shape index (κ1) is 17.0. The topological polar surface area (TPSA) is 74.2 Å². The number of rotatable bonds is 4. The fourth-order valence-corrected chi connectivity index (χ4v) is 3.49. The summed E-state index contributed by atoms with van der Waals surface area (Å²) in [7, 11) is 4.62. The molecule has 0 bridgehead atoms. The number of hydrogen-bond acceptors (Lipinski definition) is 6. The van der Waals surface area contributed by atoms with Gasteiger partial charge in [-0.15, -0.1) is 0 Å². The maximum atomic E-state index is 12.4. The van der Waals surface area contributed by atoms with Crippen molar-refractivity contribution < 1.29 is 28.8 Å². The molecule has 1 N–H and O–H groups in total.